The van der Waals surface area contributed by atoms with Crippen molar-refractivity contribution in [3.05, 3.63) is 0 Å². The predicted molar refractivity (Wildman–Crippen MR) is 73.2 cm³/mol. The average Bonchev–Trinajstić information content (AvgIpc) is 2.84. The second-order valence-corrected chi connectivity index (χ2v) is 5.78. The van der Waals surface area contributed by atoms with Gasteiger partial charge in [-0.15, -0.1) is 0 Å². The van der Waals surface area contributed by atoms with Gasteiger partial charge in [0.05, 0.1) is 0 Å². The van der Waals surface area contributed by atoms with Crippen molar-refractivity contribution >= 4 is 5.91 Å². The molecule has 4 nitrogen and oxygen atoms in total. The molecule has 2 aliphatic rings. The molecule has 0 aromatic rings. The highest BCUT2D eigenvalue weighted by molar-refractivity contribution is 5.78. The van der Waals surface area contributed by atoms with Crippen molar-refractivity contribution in [3.8, 4) is 0 Å². The minimum absolute atomic E-state index is 0.210. The van der Waals surface area contributed by atoms with Gasteiger partial charge < -0.3 is 11.1 Å². The van der Waals surface area contributed by atoms with E-state index in [1.165, 1.54) is 19.4 Å². The first-order chi connectivity index (χ1) is 8.70. The molecule has 0 aromatic heterocycles. The second-order valence-electron chi connectivity index (χ2n) is 5.78. The lowest BCUT2D eigenvalue weighted by molar-refractivity contribution is -0.126. The van der Waals surface area contributed by atoms with Crippen molar-refractivity contribution in [3.63, 3.8) is 0 Å². The van der Waals surface area contributed by atoms with E-state index in [2.05, 4.69) is 17.1 Å². The fraction of sp³-hybridized carbons (Fsp3) is 0.929. The number of hydrogen-bond acceptors (Lipinski definition) is 3. The smallest absolute Gasteiger partial charge is 0.223 e. The fourth-order valence-corrected chi connectivity index (χ4v) is 3.29. The van der Waals surface area contributed by atoms with Gasteiger partial charge in [-0.1, -0.05) is 6.92 Å². The number of carbonyl (C=O) groups is 1. The summed E-state index contributed by atoms with van der Waals surface area (Å²) in [6, 6.07) is 0.879. The summed E-state index contributed by atoms with van der Waals surface area (Å²) in [6.45, 7) is 5.31. The van der Waals surface area contributed by atoms with Gasteiger partial charge in [-0.3, -0.25) is 9.69 Å². The molecule has 0 aromatic carbocycles. The molecular weight excluding hydrogens is 226 g/mol. The summed E-state index contributed by atoms with van der Waals surface area (Å²) >= 11 is 0. The lowest BCUT2D eigenvalue weighted by Crippen LogP contribution is -2.43. The summed E-state index contributed by atoms with van der Waals surface area (Å²) in [5, 5.41) is 3.15. The van der Waals surface area contributed by atoms with E-state index in [9.17, 15) is 4.79 Å². The molecule has 0 radical (unpaired) electrons. The van der Waals surface area contributed by atoms with Crippen LogP contribution in [0.15, 0.2) is 0 Å². The lowest BCUT2D eigenvalue weighted by Gasteiger charge is -2.27. The third-order valence-electron chi connectivity index (χ3n) is 4.56. The molecular formula is C14H27N3O. The molecule has 3 N–H and O–H groups in total. The van der Waals surface area contributed by atoms with Crippen LogP contribution in [-0.4, -0.2) is 42.5 Å². The van der Waals surface area contributed by atoms with Crippen LogP contribution >= 0.6 is 0 Å². The van der Waals surface area contributed by atoms with Crippen molar-refractivity contribution < 1.29 is 4.79 Å². The molecule has 2 rings (SSSR count). The molecule has 0 spiro atoms. The van der Waals surface area contributed by atoms with Gasteiger partial charge in [-0.2, -0.15) is 0 Å². The maximum atomic E-state index is 12.1. The molecule has 1 aliphatic carbocycles. The maximum Gasteiger partial charge on any atom is 0.223 e. The Balaban J connectivity index is 1.71. The predicted octanol–water partition coefficient (Wildman–Crippen LogP) is 1.10. The highest BCUT2D eigenvalue weighted by Crippen LogP contribution is 2.23. The molecule has 18 heavy (non-hydrogen) atoms. The fourth-order valence-electron chi connectivity index (χ4n) is 3.29. The van der Waals surface area contributed by atoms with E-state index in [-0.39, 0.29) is 11.8 Å². The number of nitrogens with one attached hydrogen (secondary N) is 1. The molecule has 1 atom stereocenters. The van der Waals surface area contributed by atoms with Crippen LogP contribution in [0.3, 0.4) is 0 Å². The molecule has 4 heteroatoms. The number of nitrogens with two attached hydrogens (primary N) is 1. The highest BCUT2D eigenvalue weighted by atomic mass is 16.1. The first-order valence-electron chi connectivity index (χ1n) is 7.48. The van der Waals surface area contributed by atoms with Crippen molar-refractivity contribution in [1.82, 2.24) is 10.2 Å². The Morgan fingerprint density at radius 2 is 2.00 bits per heavy atom. The van der Waals surface area contributed by atoms with Crippen LogP contribution in [0.25, 0.3) is 0 Å². The van der Waals surface area contributed by atoms with Crippen molar-refractivity contribution in [2.24, 2.45) is 11.7 Å². The Kier molecular flexibility index (Phi) is 5.01. The van der Waals surface area contributed by atoms with Crippen LogP contribution in [0.2, 0.25) is 0 Å². The maximum absolute atomic E-state index is 12.1. The number of likely N-dealkylation sites (tertiary alicyclic amines) is 1. The highest BCUT2D eigenvalue weighted by Gasteiger charge is 2.27. The molecule has 2 fully saturated rings. The van der Waals surface area contributed by atoms with Crippen molar-refractivity contribution in [1.29, 1.82) is 0 Å². The Morgan fingerprint density at radius 3 is 2.67 bits per heavy atom. The zero-order valence-electron chi connectivity index (χ0n) is 11.5. The minimum atomic E-state index is 0.210. The molecule has 104 valence electrons. The Hall–Kier alpha value is -0.610. The summed E-state index contributed by atoms with van der Waals surface area (Å²) < 4.78 is 0. The quantitative estimate of drug-likeness (QED) is 0.789. The normalized spacial score (nSPS) is 33.6. The first kappa shape index (κ1) is 13.8. The van der Waals surface area contributed by atoms with Gasteiger partial charge in [0.15, 0.2) is 0 Å². The van der Waals surface area contributed by atoms with Gasteiger partial charge in [0.2, 0.25) is 5.91 Å². The molecule has 1 saturated carbocycles. The molecule has 1 amide bonds. The van der Waals surface area contributed by atoms with Crippen molar-refractivity contribution in [2.45, 2.75) is 57.5 Å². The summed E-state index contributed by atoms with van der Waals surface area (Å²) in [5.41, 5.74) is 5.87. The molecule has 0 bridgehead atoms. The monoisotopic (exact) mass is 253 g/mol. The third kappa shape index (κ3) is 3.45. The number of likely N-dealkylation sites (N-methyl/N-ethyl adjacent to an activating group) is 1. The third-order valence-corrected chi connectivity index (χ3v) is 4.56. The SMILES string of the molecule is CCN1CCCC1CNC(=O)C1CCC(N)CC1. The number of rotatable bonds is 4. The van der Waals surface area contributed by atoms with Gasteiger partial charge in [0.25, 0.3) is 0 Å². The standard InChI is InChI=1S/C14H27N3O/c1-2-17-9-3-4-13(17)10-16-14(18)11-5-7-12(15)8-6-11/h11-13H,2-10,15H2,1H3,(H,16,18). The van der Waals surface area contributed by atoms with Gasteiger partial charge in [-0.05, 0) is 51.6 Å². The summed E-state index contributed by atoms with van der Waals surface area (Å²) in [4.78, 5) is 14.6. The van der Waals surface area contributed by atoms with Crippen LogP contribution < -0.4 is 11.1 Å². The van der Waals surface area contributed by atoms with E-state index in [4.69, 9.17) is 5.73 Å². The van der Waals surface area contributed by atoms with E-state index in [1.807, 2.05) is 0 Å². The summed E-state index contributed by atoms with van der Waals surface area (Å²) in [7, 11) is 0. The van der Waals surface area contributed by atoms with Gasteiger partial charge in [-0.25, -0.2) is 0 Å². The van der Waals surface area contributed by atoms with E-state index in [0.717, 1.165) is 38.8 Å². The van der Waals surface area contributed by atoms with Crippen LogP contribution in [0.5, 0.6) is 0 Å². The Morgan fingerprint density at radius 1 is 1.28 bits per heavy atom. The van der Waals surface area contributed by atoms with Gasteiger partial charge >= 0.3 is 0 Å². The Bertz CT molecular complexity index is 274. The molecule has 1 aliphatic heterocycles. The Labute approximate surface area is 110 Å². The molecule has 1 heterocycles. The zero-order valence-corrected chi connectivity index (χ0v) is 11.5. The van der Waals surface area contributed by atoms with E-state index < -0.39 is 0 Å². The number of carbonyl (C=O) groups excluding carboxylic acids is 1. The van der Waals surface area contributed by atoms with Crippen LogP contribution in [0.1, 0.15) is 45.4 Å². The van der Waals surface area contributed by atoms with Crippen LogP contribution in [0, 0.1) is 5.92 Å². The van der Waals surface area contributed by atoms with Crippen molar-refractivity contribution in [2.75, 3.05) is 19.6 Å². The largest absolute Gasteiger partial charge is 0.354 e. The summed E-state index contributed by atoms with van der Waals surface area (Å²) in [5.74, 6) is 0.464. The van der Waals surface area contributed by atoms with Gasteiger partial charge in [0.1, 0.15) is 0 Å². The van der Waals surface area contributed by atoms with E-state index in [1.54, 1.807) is 0 Å². The van der Waals surface area contributed by atoms with E-state index in [0.29, 0.717) is 12.1 Å². The number of amides is 1. The lowest BCUT2D eigenvalue weighted by atomic mass is 9.86. The minimum Gasteiger partial charge on any atom is -0.354 e. The first-order valence-corrected chi connectivity index (χ1v) is 7.48. The topological polar surface area (TPSA) is 58.4 Å². The van der Waals surface area contributed by atoms with Crippen LogP contribution in [-0.2, 0) is 4.79 Å². The number of nitrogens with zero attached hydrogens (tertiary/aromatic N) is 1. The van der Waals surface area contributed by atoms with Gasteiger partial charge in [0, 0.05) is 24.5 Å². The second kappa shape index (κ2) is 6.53. The van der Waals surface area contributed by atoms with E-state index >= 15 is 0 Å². The van der Waals surface area contributed by atoms with Crippen LogP contribution in [0.4, 0.5) is 0 Å². The molecule has 1 unspecified atom stereocenters. The number of hydrogen-bond donors (Lipinski definition) is 2. The average molecular weight is 253 g/mol. The molecule has 1 saturated heterocycles. The summed E-state index contributed by atoms with van der Waals surface area (Å²) in [6.07, 6.45) is 6.44. The zero-order chi connectivity index (χ0) is 13.0.